The molecule has 0 aromatic carbocycles. The van der Waals surface area contributed by atoms with E-state index in [4.69, 9.17) is 0 Å². The molecule has 2 N–H and O–H groups in total. The lowest BCUT2D eigenvalue weighted by Crippen LogP contribution is -2.50. The molecule has 0 aliphatic heterocycles. The number of likely N-dealkylation sites (N-methyl/N-ethyl adjacent to an activating group) is 2. The first-order chi connectivity index (χ1) is 17.1. The van der Waals surface area contributed by atoms with E-state index in [0.29, 0.717) is 26.2 Å². The van der Waals surface area contributed by atoms with E-state index in [0.717, 1.165) is 23.5 Å². The van der Waals surface area contributed by atoms with Gasteiger partial charge in [0.1, 0.15) is 12.1 Å². The molecule has 0 saturated carbocycles. The Kier molecular flexibility index (Phi) is 18.0. The quantitative estimate of drug-likeness (QED) is 0.282. The summed E-state index contributed by atoms with van der Waals surface area (Å²) in [5, 5.41) is 4.82. The van der Waals surface area contributed by atoms with E-state index < -0.39 is 12.1 Å². The van der Waals surface area contributed by atoms with Crippen LogP contribution in [0.4, 0.5) is 0 Å². The van der Waals surface area contributed by atoms with Gasteiger partial charge in [-0.2, -0.15) is 0 Å². The van der Waals surface area contributed by atoms with E-state index >= 15 is 0 Å². The summed E-state index contributed by atoms with van der Waals surface area (Å²) in [6.07, 6.45) is 0.395. The molecule has 36 heavy (non-hydrogen) atoms. The van der Waals surface area contributed by atoms with Crippen molar-refractivity contribution in [3.63, 3.8) is 0 Å². The SMILES string of the molecule is CCC(=O)NC(CSC(=O)CCC(=O)SCC(NC(=O)CC)C(=O)N(CC)CC)C(=O)N(CC)CC. The Balaban J connectivity index is 4.87. The Morgan fingerprint density at radius 1 is 0.583 bits per heavy atom. The summed E-state index contributed by atoms with van der Waals surface area (Å²) in [4.78, 5) is 77.1. The maximum absolute atomic E-state index is 12.7. The summed E-state index contributed by atoms with van der Waals surface area (Å²) < 4.78 is 0. The van der Waals surface area contributed by atoms with E-state index in [2.05, 4.69) is 10.6 Å². The van der Waals surface area contributed by atoms with Crippen molar-refractivity contribution in [1.29, 1.82) is 0 Å². The van der Waals surface area contributed by atoms with Gasteiger partial charge in [0.15, 0.2) is 10.2 Å². The fourth-order valence-electron chi connectivity index (χ4n) is 3.15. The molecule has 0 spiro atoms. The first-order valence-corrected chi connectivity index (χ1v) is 14.5. The van der Waals surface area contributed by atoms with Gasteiger partial charge in [0.05, 0.1) is 0 Å². The van der Waals surface area contributed by atoms with Gasteiger partial charge >= 0.3 is 0 Å². The maximum atomic E-state index is 12.7. The Hall–Kier alpha value is -2.08. The van der Waals surface area contributed by atoms with Crippen LogP contribution in [0.2, 0.25) is 0 Å². The largest absolute Gasteiger partial charge is 0.344 e. The van der Waals surface area contributed by atoms with E-state index in [-0.39, 0.29) is 71.0 Å². The van der Waals surface area contributed by atoms with Crippen LogP contribution in [0, 0.1) is 0 Å². The van der Waals surface area contributed by atoms with Gasteiger partial charge in [0, 0.05) is 63.4 Å². The number of thioether (sulfide) groups is 2. The Labute approximate surface area is 223 Å². The highest BCUT2D eigenvalue weighted by Gasteiger charge is 2.27. The van der Waals surface area contributed by atoms with Crippen LogP contribution in [-0.2, 0) is 28.8 Å². The lowest BCUT2D eigenvalue weighted by molar-refractivity contribution is -0.135. The smallest absolute Gasteiger partial charge is 0.246 e. The Morgan fingerprint density at radius 3 is 1.14 bits per heavy atom. The van der Waals surface area contributed by atoms with Crippen LogP contribution in [0.3, 0.4) is 0 Å². The zero-order valence-corrected chi connectivity index (χ0v) is 24.0. The van der Waals surface area contributed by atoms with Crippen molar-refractivity contribution >= 4 is 57.4 Å². The molecule has 0 rings (SSSR count). The summed E-state index contributed by atoms with van der Waals surface area (Å²) in [6.45, 7) is 12.7. The summed E-state index contributed by atoms with van der Waals surface area (Å²) >= 11 is 1.83. The molecule has 0 aromatic rings. The summed E-state index contributed by atoms with van der Waals surface area (Å²) in [5.41, 5.74) is 0. The Bertz CT molecular complexity index is 695. The molecule has 0 bridgehead atoms. The molecule has 0 aromatic heterocycles. The minimum Gasteiger partial charge on any atom is -0.344 e. The zero-order chi connectivity index (χ0) is 27.7. The highest BCUT2D eigenvalue weighted by atomic mass is 32.2. The highest BCUT2D eigenvalue weighted by Crippen LogP contribution is 2.16. The van der Waals surface area contributed by atoms with Crippen molar-refractivity contribution in [3.05, 3.63) is 0 Å². The number of nitrogens with zero attached hydrogens (tertiary/aromatic N) is 2. The lowest BCUT2D eigenvalue weighted by atomic mass is 10.2. The summed E-state index contributed by atoms with van der Waals surface area (Å²) in [6, 6.07) is -1.63. The molecule has 2 atom stereocenters. The van der Waals surface area contributed by atoms with Crippen LogP contribution in [0.15, 0.2) is 0 Å². The molecule has 206 valence electrons. The van der Waals surface area contributed by atoms with E-state index in [1.807, 2.05) is 27.7 Å². The highest BCUT2D eigenvalue weighted by molar-refractivity contribution is 8.14. The Morgan fingerprint density at radius 2 is 0.889 bits per heavy atom. The van der Waals surface area contributed by atoms with Crippen LogP contribution < -0.4 is 10.6 Å². The van der Waals surface area contributed by atoms with Crippen molar-refractivity contribution in [2.75, 3.05) is 37.7 Å². The molecular weight excluding hydrogens is 504 g/mol. The number of hydrogen-bond donors (Lipinski definition) is 2. The number of nitrogens with one attached hydrogen (secondary N) is 2. The van der Waals surface area contributed by atoms with E-state index in [9.17, 15) is 28.8 Å². The number of carbonyl (C=O) groups is 6. The molecule has 2 unspecified atom stereocenters. The van der Waals surface area contributed by atoms with Crippen molar-refractivity contribution in [3.8, 4) is 0 Å². The number of rotatable bonds is 17. The lowest BCUT2D eigenvalue weighted by Gasteiger charge is -2.25. The van der Waals surface area contributed by atoms with Crippen LogP contribution in [0.25, 0.3) is 0 Å². The molecule has 12 heteroatoms. The normalized spacial score (nSPS) is 12.3. The monoisotopic (exact) mass is 546 g/mol. The predicted molar refractivity (Wildman–Crippen MR) is 144 cm³/mol. The second-order valence-corrected chi connectivity index (χ2v) is 9.99. The summed E-state index contributed by atoms with van der Waals surface area (Å²) in [7, 11) is 0. The molecule has 0 fully saturated rings. The van der Waals surface area contributed by atoms with Gasteiger partial charge < -0.3 is 20.4 Å². The van der Waals surface area contributed by atoms with Gasteiger partial charge in [0.2, 0.25) is 23.6 Å². The fourth-order valence-corrected chi connectivity index (χ4v) is 4.80. The van der Waals surface area contributed by atoms with Gasteiger partial charge in [-0.25, -0.2) is 0 Å². The molecule has 4 amide bonds. The first-order valence-electron chi connectivity index (χ1n) is 12.6. The van der Waals surface area contributed by atoms with Gasteiger partial charge in [0.25, 0.3) is 0 Å². The second kappa shape index (κ2) is 19.1. The number of amides is 4. The standard InChI is InChI=1S/C24H42N4O6S2/c1-7-19(29)25-17(23(33)27(9-3)10-4)15-35-21(31)13-14-22(32)36-16-18(26-20(30)8-2)24(34)28(11-5)12-6/h17-18H,7-16H2,1-6H3,(H,25,29)(H,26,30). The molecule has 0 radical (unpaired) electrons. The van der Waals surface area contributed by atoms with Crippen molar-refractivity contribution in [1.82, 2.24) is 20.4 Å². The van der Waals surface area contributed by atoms with Gasteiger partial charge in [-0.15, -0.1) is 0 Å². The van der Waals surface area contributed by atoms with Crippen LogP contribution in [-0.4, -0.2) is 93.4 Å². The first kappa shape index (κ1) is 33.9. The van der Waals surface area contributed by atoms with Gasteiger partial charge in [-0.1, -0.05) is 37.4 Å². The van der Waals surface area contributed by atoms with Crippen molar-refractivity contribution in [2.45, 2.75) is 79.3 Å². The molecule has 10 nitrogen and oxygen atoms in total. The third-order valence-electron chi connectivity index (χ3n) is 5.41. The molecular formula is C24H42N4O6S2. The van der Waals surface area contributed by atoms with Crippen molar-refractivity contribution in [2.24, 2.45) is 0 Å². The fraction of sp³-hybridized carbons (Fsp3) is 0.750. The molecule has 0 heterocycles. The summed E-state index contributed by atoms with van der Waals surface area (Å²) in [5.74, 6) is -0.859. The maximum Gasteiger partial charge on any atom is 0.246 e. The number of hydrogen-bond acceptors (Lipinski definition) is 8. The van der Waals surface area contributed by atoms with Crippen LogP contribution >= 0.6 is 23.5 Å². The molecule has 0 aliphatic rings. The zero-order valence-electron chi connectivity index (χ0n) is 22.4. The third kappa shape index (κ3) is 12.8. The van der Waals surface area contributed by atoms with Gasteiger partial charge in [-0.3, -0.25) is 28.8 Å². The van der Waals surface area contributed by atoms with Gasteiger partial charge in [-0.05, 0) is 27.7 Å². The van der Waals surface area contributed by atoms with E-state index in [1.165, 1.54) is 0 Å². The second-order valence-electron chi connectivity index (χ2n) is 7.83. The predicted octanol–water partition coefficient (Wildman–Crippen LogP) is 1.81. The third-order valence-corrected chi connectivity index (χ3v) is 7.47. The topological polar surface area (TPSA) is 133 Å². The van der Waals surface area contributed by atoms with Crippen LogP contribution in [0.5, 0.6) is 0 Å². The number of carbonyl (C=O) groups excluding carboxylic acids is 6. The molecule has 0 aliphatic carbocycles. The van der Waals surface area contributed by atoms with Crippen LogP contribution in [0.1, 0.15) is 67.2 Å². The van der Waals surface area contributed by atoms with Crippen molar-refractivity contribution < 1.29 is 28.8 Å². The minimum atomic E-state index is -0.814. The molecule has 0 saturated heterocycles. The average molecular weight is 547 g/mol. The minimum absolute atomic E-state index is 0.0274. The average Bonchev–Trinajstić information content (AvgIpc) is 2.88. The van der Waals surface area contributed by atoms with E-state index in [1.54, 1.807) is 23.6 Å².